The van der Waals surface area contributed by atoms with Gasteiger partial charge in [0.25, 0.3) is 0 Å². The minimum Gasteiger partial charge on any atom is -0.323 e. The molecule has 0 unspecified atom stereocenters. The molecule has 4 heteroatoms. The molecule has 0 fully saturated rings. The van der Waals surface area contributed by atoms with Gasteiger partial charge in [-0.1, -0.05) is 0 Å². The molecule has 1 rings (SSSR count). The van der Waals surface area contributed by atoms with Crippen LogP contribution in [0.5, 0.6) is 0 Å². The summed E-state index contributed by atoms with van der Waals surface area (Å²) in [6.07, 6.45) is 4.50. The Labute approximate surface area is 71.8 Å². The summed E-state index contributed by atoms with van der Waals surface area (Å²) in [5.74, 6) is 0. The summed E-state index contributed by atoms with van der Waals surface area (Å²) in [5.41, 5.74) is 1.03. The molecule has 0 aromatic carbocycles. The Balaban J connectivity index is 2.48. The normalized spacial score (nSPS) is 9.67. The number of hydrogen-bond acceptors (Lipinski definition) is 3. The maximum Gasteiger partial charge on any atom is 0.111 e. The quantitative estimate of drug-likeness (QED) is 0.690. The fourth-order valence-corrected chi connectivity index (χ4v) is 0.957. The highest BCUT2D eigenvalue weighted by Crippen LogP contribution is 1.95. The third-order valence-corrected chi connectivity index (χ3v) is 1.57. The van der Waals surface area contributed by atoms with Crippen molar-refractivity contribution >= 4 is 0 Å². The molecule has 1 heterocycles. The Bertz CT molecular complexity index is 271. The number of imidazole rings is 1. The lowest BCUT2D eigenvalue weighted by Gasteiger charge is -1.93. The van der Waals surface area contributed by atoms with Crippen LogP contribution in [-0.4, -0.2) is 23.1 Å². The lowest BCUT2D eigenvalue weighted by atomic mass is 10.3. The van der Waals surface area contributed by atoms with Crippen molar-refractivity contribution in [2.24, 2.45) is 0 Å². The van der Waals surface area contributed by atoms with E-state index in [0.717, 1.165) is 18.7 Å². The van der Waals surface area contributed by atoms with E-state index >= 15 is 0 Å². The Hall–Kier alpha value is -1.34. The van der Waals surface area contributed by atoms with Gasteiger partial charge in [-0.3, -0.25) is 0 Å². The van der Waals surface area contributed by atoms with Gasteiger partial charge in [0.15, 0.2) is 0 Å². The van der Waals surface area contributed by atoms with Crippen LogP contribution in [0, 0.1) is 11.3 Å². The van der Waals surface area contributed by atoms with E-state index in [-0.39, 0.29) is 0 Å². The first-order chi connectivity index (χ1) is 5.86. The lowest BCUT2D eigenvalue weighted by molar-refractivity contribution is 0.777. The Morgan fingerprint density at radius 1 is 1.75 bits per heavy atom. The van der Waals surface area contributed by atoms with Gasteiger partial charge in [-0.2, -0.15) is 5.26 Å². The zero-order chi connectivity index (χ0) is 8.81. The van der Waals surface area contributed by atoms with Crippen LogP contribution in [0.15, 0.2) is 12.5 Å². The monoisotopic (exact) mass is 164 g/mol. The predicted molar refractivity (Wildman–Crippen MR) is 45.5 cm³/mol. The molecule has 4 nitrogen and oxygen atoms in total. The van der Waals surface area contributed by atoms with Crippen molar-refractivity contribution in [2.45, 2.75) is 13.0 Å². The molecule has 1 aromatic rings. The lowest BCUT2D eigenvalue weighted by Crippen LogP contribution is -2.10. The summed E-state index contributed by atoms with van der Waals surface area (Å²) in [4.78, 5) is 4.14. The van der Waals surface area contributed by atoms with Crippen LogP contribution in [0.4, 0.5) is 0 Å². The summed E-state index contributed by atoms with van der Waals surface area (Å²) in [5, 5.41) is 11.4. The molecule has 12 heavy (non-hydrogen) atoms. The molecular formula is C8H12N4. The second-order valence-corrected chi connectivity index (χ2v) is 2.55. The van der Waals surface area contributed by atoms with Gasteiger partial charge < -0.3 is 9.88 Å². The molecule has 0 saturated heterocycles. The molecule has 0 aliphatic rings. The molecule has 0 saturated carbocycles. The van der Waals surface area contributed by atoms with Crippen LogP contribution in [0.25, 0.3) is 0 Å². The molecule has 64 valence electrons. The van der Waals surface area contributed by atoms with E-state index in [2.05, 4.69) is 16.4 Å². The molecule has 0 amide bonds. The van der Waals surface area contributed by atoms with Crippen molar-refractivity contribution in [1.29, 1.82) is 5.26 Å². The van der Waals surface area contributed by atoms with E-state index in [1.54, 1.807) is 10.9 Å². The molecule has 1 N–H and O–H groups in total. The fourth-order valence-electron chi connectivity index (χ4n) is 0.957. The van der Waals surface area contributed by atoms with E-state index in [4.69, 9.17) is 5.26 Å². The molecule has 0 spiro atoms. The highest BCUT2D eigenvalue weighted by atomic mass is 15.0. The number of likely N-dealkylation sites (N-methyl/N-ethyl adjacent to an activating group) is 1. The number of nitrogens with zero attached hydrogens (tertiary/aromatic N) is 3. The minimum atomic E-state index is 0.382. The predicted octanol–water partition coefficient (Wildman–Crippen LogP) is 0.169. The topological polar surface area (TPSA) is 53.6 Å². The average Bonchev–Trinajstić information content (AvgIpc) is 2.50. The maximum atomic E-state index is 8.39. The number of aromatic nitrogens is 2. The zero-order valence-corrected chi connectivity index (χ0v) is 7.12. The van der Waals surface area contributed by atoms with Gasteiger partial charge in [0.1, 0.15) is 6.54 Å². The van der Waals surface area contributed by atoms with Crippen LogP contribution in [-0.2, 0) is 13.0 Å². The Morgan fingerprint density at radius 2 is 2.58 bits per heavy atom. The van der Waals surface area contributed by atoms with E-state index in [0.29, 0.717) is 6.54 Å². The maximum absolute atomic E-state index is 8.39. The molecule has 1 aromatic heterocycles. The van der Waals surface area contributed by atoms with Crippen molar-refractivity contribution in [2.75, 3.05) is 13.6 Å². The number of nitrogens with one attached hydrogen (secondary N) is 1. The van der Waals surface area contributed by atoms with Crippen molar-refractivity contribution in [3.63, 3.8) is 0 Å². The number of hydrogen-bond donors (Lipinski definition) is 1. The van der Waals surface area contributed by atoms with Crippen molar-refractivity contribution in [1.82, 2.24) is 14.9 Å². The summed E-state index contributed by atoms with van der Waals surface area (Å²) >= 11 is 0. The number of nitriles is 1. The first-order valence-electron chi connectivity index (χ1n) is 3.89. The van der Waals surface area contributed by atoms with Crippen LogP contribution in [0.1, 0.15) is 5.69 Å². The van der Waals surface area contributed by atoms with E-state index in [1.807, 2.05) is 13.2 Å². The smallest absolute Gasteiger partial charge is 0.111 e. The van der Waals surface area contributed by atoms with Crippen LogP contribution < -0.4 is 5.32 Å². The Morgan fingerprint density at radius 3 is 3.25 bits per heavy atom. The second kappa shape index (κ2) is 4.52. The van der Waals surface area contributed by atoms with Gasteiger partial charge in [0.2, 0.25) is 0 Å². The molecular weight excluding hydrogens is 152 g/mol. The van der Waals surface area contributed by atoms with Gasteiger partial charge in [0, 0.05) is 19.2 Å². The summed E-state index contributed by atoms with van der Waals surface area (Å²) in [7, 11) is 1.91. The first kappa shape index (κ1) is 8.75. The number of rotatable bonds is 4. The summed E-state index contributed by atoms with van der Waals surface area (Å²) < 4.78 is 1.78. The SMILES string of the molecule is CNCCc1cn(CC#N)cn1. The Kier molecular flexibility index (Phi) is 3.30. The molecule has 0 bridgehead atoms. The first-order valence-corrected chi connectivity index (χ1v) is 3.89. The van der Waals surface area contributed by atoms with Gasteiger partial charge in [0.05, 0.1) is 18.1 Å². The molecule has 0 aliphatic heterocycles. The minimum absolute atomic E-state index is 0.382. The largest absolute Gasteiger partial charge is 0.323 e. The third kappa shape index (κ3) is 2.36. The zero-order valence-electron chi connectivity index (χ0n) is 7.12. The molecule has 0 atom stereocenters. The van der Waals surface area contributed by atoms with Crippen molar-refractivity contribution in [3.8, 4) is 6.07 Å². The van der Waals surface area contributed by atoms with E-state index in [9.17, 15) is 0 Å². The second-order valence-electron chi connectivity index (χ2n) is 2.55. The fraction of sp³-hybridized carbons (Fsp3) is 0.500. The summed E-state index contributed by atoms with van der Waals surface area (Å²) in [6.45, 7) is 1.30. The van der Waals surface area contributed by atoms with Crippen molar-refractivity contribution in [3.05, 3.63) is 18.2 Å². The van der Waals surface area contributed by atoms with Gasteiger partial charge in [-0.05, 0) is 7.05 Å². The standard InChI is InChI=1S/C8H12N4/c1-10-4-2-8-6-12(5-3-9)7-11-8/h6-7,10H,2,4-5H2,1H3. The van der Waals surface area contributed by atoms with E-state index < -0.39 is 0 Å². The third-order valence-electron chi connectivity index (χ3n) is 1.57. The van der Waals surface area contributed by atoms with Crippen LogP contribution in [0.2, 0.25) is 0 Å². The van der Waals surface area contributed by atoms with E-state index in [1.165, 1.54) is 0 Å². The highest BCUT2D eigenvalue weighted by Gasteiger charge is 1.96. The average molecular weight is 164 g/mol. The van der Waals surface area contributed by atoms with Gasteiger partial charge in [-0.15, -0.1) is 0 Å². The molecule has 0 radical (unpaired) electrons. The highest BCUT2D eigenvalue weighted by molar-refractivity contribution is 4.98. The van der Waals surface area contributed by atoms with Gasteiger partial charge in [-0.25, -0.2) is 4.98 Å². The molecule has 0 aliphatic carbocycles. The van der Waals surface area contributed by atoms with Gasteiger partial charge >= 0.3 is 0 Å². The summed E-state index contributed by atoms with van der Waals surface area (Å²) in [6, 6.07) is 2.06. The van der Waals surface area contributed by atoms with Crippen LogP contribution >= 0.6 is 0 Å². The van der Waals surface area contributed by atoms with Crippen molar-refractivity contribution < 1.29 is 0 Å². The van der Waals surface area contributed by atoms with Crippen LogP contribution in [0.3, 0.4) is 0 Å².